The van der Waals surface area contributed by atoms with E-state index in [9.17, 15) is 0 Å². The van der Waals surface area contributed by atoms with Gasteiger partial charge in [-0.3, -0.25) is 4.98 Å². The van der Waals surface area contributed by atoms with E-state index in [1.165, 1.54) is 27.8 Å². The maximum absolute atomic E-state index is 5.19. The predicted molar refractivity (Wildman–Crippen MR) is 134 cm³/mol. The third-order valence-corrected chi connectivity index (χ3v) is 5.55. The topological polar surface area (TPSA) is 25.8 Å². The van der Waals surface area contributed by atoms with E-state index in [4.69, 9.17) is 25.3 Å². The second-order valence-corrected chi connectivity index (χ2v) is 9.50. The number of nitrogens with zero attached hydrogens (tertiary/aromatic N) is 2. The number of rotatable bonds is 2. The zero-order valence-corrected chi connectivity index (χ0v) is 20.5. The summed E-state index contributed by atoms with van der Waals surface area (Å²) in [5.74, 6) is 0. The van der Waals surface area contributed by atoms with E-state index in [-0.39, 0.29) is 0 Å². The number of pyridine rings is 2. The van der Waals surface area contributed by atoms with Crippen LogP contribution >= 0.6 is 20.3 Å². The zero-order chi connectivity index (χ0) is 22.7. The number of fused-ring (bicyclic) bond motifs is 3. The molecule has 0 unspecified atom stereocenters. The Bertz CT molecular complexity index is 1380. The van der Waals surface area contributed by atoms with Crippen molar-refractivity contribution in [3.05, 3.63) is 95.7 Å². The van der Waals surface area contributed by atoms with Crippen LogP contribution in [-0.2, 0) is 12.9 Å². The van der Waals surface area contributed by atoms with Gasteiger partial charge in [0.25, 0.3) is 0 Å². The number of halogens is 2. The van der Waals surface area contributed by atoms with Crippen molar-refractivity contribution in [3.63, 3.8) is 0 Å². The van der Waals surface area contributed by atoms with Gasteiger partial charge < -0.3 is 0 Å². The van der Waals surface area contributed by atoms with Crippen LogP contribution < -0.4 is 0 Å². The Morgan fingerprint density at radius 1 is 0.719 bits per heavy atom. The molecule has 5 aromatic rings. The van der Waals surface area contributed by atoms with Gasteiger partial charge in [0.2, 0.25) is 0 Å². The molecule has 0 bridgehead atoms. The Balaban J connectivity index is 0.000000775. The molecule has 0 aliphatic heterocycles. The number of benzene rings is 3. The van der Waals surface area contributed by atoms with E-state index >= 15 is 0 Å². The molecule has 0 N–H and O–H groups in total. The molecule has 3 aromatic carbocycles. The van der Waals surface area contributed by atoms with Crippen LogP contribution in [0.4, 0.5) is 0 Å². The number of aryl methyl sites for hydroxylation is 3. The average Bonchev–Trinajstić information content (AvgIpc) is 2.79. The van der Waals surface area contributed by atoms with Gasteiger partial charge in [-0.05, 0) is 49.6 Å². The predicted octanol–water partition coefficient (Wildman–Crippen LogP) is 8.42. The van der Waals surface area contributed by atoms with Crippen molar-refractivity contribution in [2.75, 3.05) is 0 Å². The van der Waals surface area contributed by atoms with E-state index < -0.39 is 0 Å². The van der Waals surface area contributed by atoms with Gasteiger partial charge in [0.05, 0.1) is 16.7 Å². The molecule has 163 valence electrons. The molecular weight excluding hydrogens is 482 g/mol. The fourth-order valence-corrected chi connectivity index (χ4v) is 4.39. The van der Waals surface area contributed by atoms with Crippen LogP contribution in [0.5, 0.6) is 0 Å². The fraction of sp³-hybridized carbons (Fsp3) is 0.111. The SMILES string of the molecule is Cc1cc(C)c(-c2cc3ccc4cccnc4c3nc2-c2ccccc2)c(C)c1.[Cl][Co][Cl]. The van der Waals surface area contributed by atoms with Gasteiger partial charge >= 0.3 is 33.2 Å². The third-order valence-electron chi connectivity index (χ3n) is 5.55. The molecule has 0 atom stereocenters. The van der Waals surface area contributed by atoms with Crippen molar-refractivity contribution in [2.45, 2.75) is 20.8 Å². The molecule has 32 heavy (non-hydrogen) atoms. The van der Waals surface area contributed by atoms with E-state index in [2.05, 4.69) is 86.4 Å². The Kier molecular flexibility index (Phi) is 7.12. The Labute approximate surface area is 203 Å². The van der Waals surface area contributed by atoms with Gasteiger partial charge in [0.1, 0.15) is 0 Å². The minimum atomic E-state index is 0.382. The van der Waals surface area contributed by atoms with Gasteiger partial charge in [0.15, 0.2) is 0 Å². The molecule has 2 aromatic heterocycles. The van der Waals surface area contributed by atoms with Crippen LogP contribution in [-0.4, -0.2) is 9.97 Å². The van der Waals surface area contributed by atoms with Gasteiger partial charge in [-0.25, -0.2) is 4.98 Å². The van der Waals surface area contributed by atoms with Crippen LogP contribution in [0, 0.1) is 20.8 Å². The molecule has 0 spiro atoms. The van der Waals surface area contributed by atoms with Crippen molar-refractivity contribution < 1.29 is 12.9 Å². The van der Waals surface area contributed by atoms with Crippen LogP contribution in [0.3, 0.4) is 0 Å². The van der Waals surface area contributed by atoms with Crippen LogP contribution in [0.2, 0.25) is 0 Å². The molecule has 2 heterocycles. The maximum atomic E-state index is 5.19. The summed E-state index contributed by atoms with van der Waals surface area (Å²) >= 11 is 0.382. The molecule has 0 aliphatic rings. The number of hydrogen-bond donors (Lipinski definition) is 0. The second kappa shape index (κ2) is 10.0. The zero-order valence-electron chi connectivity index (χ0n) is 18.0. The summed E-state index contributed by atoms with van der Waals surface area (Å²) in [6.45, 7) is 6.53. The van der Waals surface area contributed by atoms with Crippen molar-refractivity contribution in [3.8, 4) is 22.4 Å². The number of hydrogen-bond acceptors (Lipinski definition) is 2. The van der Waals surface area contributed by atoms with Gasteiger partial charge in [-0.15, -0.1) is 0 Å². The molecular formula is C27H22Cl2CoN2. The van der Waals surface area contributed by atoms with Gasteiger partial charge in [-0.1, -0.05) is 66.2 Å². The summed E-state index contributed by atoms with van der Waals surface area (Å²) < 4.78 is 0. The van der Waals surface area contributed by atoms with Crippen molar-refractivity contribution in [1.82, 2.24) is 9.97 Å². The first-order valence-electron chi connectivity index (χ1n) is 10.2. The fourth-order valence-electron chi connectivity index (χ4n) is 4.39. The summed E-state index contributed by atoms with van der Waals surface area (Å²) in [7, 11) is 9.47. The molecule has 2 nitrogen and oxygen atoms in total. The molecule has 0 radical (unpaired) electrons. The third kappa shape index (κ3) is 4.53. The van der Waals surface area contributed by atoms with Gasteiger partial charge in [0, 0.05) is 28.1 Å². The molecule has 0 fully saturated rings. The normalized spacial score (nSPS) is 10.9. The van der Waals surface area contributed by atoms with Crippen LogP contribution in [0.15, 0.2) is 79.0 Å². The second-order valence-electron chi connectivity index (χ2n) is 7.78. The first-order valence-corrected chi connectivity index (χ1v) is 13.1. The molecule has 5 heteroatoms. The molecule has 0 aliphatic carbocycles. The number of aromatic nitrogens is 2. The average molecular weight is 504 g/mol. The van der Waals surface area contributed by atoms with Crippen LogP contribution in [0.1, 0.15) is 16.7 Å². The van der Waals surface area contributed by atoms with E-state index in [0.717, 1.165) is 33.1 Å². The first kappa shape index (κ1) is 22.7. The standard InChI is InChI=1S/C27H22N2.2ClH.Co/c1-17-14-18(2)24(19(3)15-17)23-16-22-12-11-21-10-7-13-28-26(21)27(22)29-25(23)20-8-5-4-6-9-20;;;/h4-16H,1-3H3;2*1H;/q;;;+2/p-2. The van der Waals surface area contributed by atoms with E-state index in [1.807, 2.05) is 18.3 Å². The summed E-state index contributed by atoms with van der Waals surface area (Å²) in [6, 6.07) is 25.6. The Hall–Kier alpha value is -2.43. The van der Waals surface area contributed by atoms with Crippen molar-refractivity contribution in [1.29, 1.82) is 0 Å². The Morgan fingerprint density at radius 2 is 1.38 bits per heavy atom. The summed E-state index contributed by atoms with van der Waals surface area (Å²) in [4.78, 5) is 9.82. The molecule has 0 saturated heterocycles. The Morgan fingerprint density at radius 3 is 2.06 bits per heavy atom. The van der Waals surface area contributed by atoms with Crippen molar-refractivity contribution >= 4 is 42.1 Å². The monoisotopic (exact) mass is 503 g/mol. The molecule has 0 amide bonds. The van der Waals surface area contributed by atoms with E-state index in [0.29, 0.717) is 12.9 Å². The molecule has 0 saturated carbocycles. The van der Waals surface area contributed by atoms with Crippen molar-refractivity contribution in [2.24, 2.45) is 0 Å². The first-order chi connectivity index (χ1) is 15.5. The quantitative estimate of drug-likeness (QED) is 0.226. The summed E-state index contributed by atoms with van der Waals surface area (Å²) in [6.07, 6.45) is 1.84. The van der Waals surface area contributed by atoms with Crippen LogP contribution in [0.25, 0.3) is 44.2 Å². The molecule has 5 rings (SSSR count). The van der Waals surface area contributed by atoms with E-state index in [1.54, 1.807) is 0 Å². The van der Waals surface area contributed by atoms with Gasteiger partial charge in [-0.2, -0.15) is 0 Å². The minimum absolute atomic E-state index is 0.382. The summed E-state index contributed by atoms with van der Waals surface area (Å²) in [5, 5.41) is 2.23. The summed E-state index contributed by atoms with van der Waals surface area (Å²) in [5.41, 5.74) is 10.3.